The third-order valence-electron chi connectivity index (χ3n) is 6.00. The third-order valence-corrected chi connectivity index (χ3v) is 6.00. The Bertz CT molecular complexity index is 976. The van der Waals surface area contributed by atoms with Gasteiger partial charge in [-0.15, -0.1) is 24.8 Å². The monoisotopic (exact) mass is 481 g/mol. The Morgan fingerprint density at radius 1 is 1.09 bits per heavy atom. The summed E-state index contributed by atoms with van der Waals surface area (Å²) < 4.78 is 23.5. The molecule has 3 heterocycles. The molecule has 1 saturated heterocycles. The van der Waals surface area contributed by atoms with E-state index >= 15 is 0 Å². The van der Waals surface area contributed by atoms with Crippen molar-refractivity contribution < 1.29 is 18.6 Å². The summed E-state index contributed by atoms with van der Waals surface area (Å²) in [6.45, 7) is 3.37. The van der Waals surface area contributed by atoms with E-state index in [0.29, 0.717) is 24.0 Å². The van der Waals surface area contributed by atoms with E-state index < -0.39 is 0 Å². The van der Waals surface area contributed by atoms with Crippen LogP contribution in [0, 0.1) is 5.92 Å². The van der Waals surface area contributed by atoms with Gasteiger partial charge in [-0.25, -0.2) is 0 Å². The van der Waals surface area contributed by atoms with Crippen LogP contribution in [0.25, 0.3) is 11.1 Å². The molecule has 2 aliphatic heterocycles. The number of aromatic nitrogens is 1. The summed E-state index contributed by atoms with van der Waals surface area (Å²) >= 11 is 0. The molecule has 1 unspecified atom stereocenters. The first-order valence-electron chi connectivity index (χ1n) is 10.5. The molecule has 1 atom stereocenters. The smallest absolute Gasteiger partial charge is 0.298 e. The van der Waals surface area contributed by atoms with E-state index in [1.807, 2.05) is 42.5 Å². The number of hydrogen-bond donors (Lipinski definition) is 0. The van der Waals surface area contributed by atoms with Crippen molar-refractivity contribution in [3.05, 3.63) is 42.5 Å². The van der Waals surface area contributed by atoms with Crippen molar-refractivity contribution in [1.29, 1.82) is 0 Å². The van der Waals surface area contributed by atoms with Gasteiger partial charge in [-0.1, -0.05) is 18.2 Å². The lowest BCUT2D eigenvalue weighted by Crippen LogP contribution is -2.47. The number of ether oxygens (including phenoxy) is 3. The minimum atomic E-state index is -0.121. The summed E-state index contributed by atoms with van der Waals surface area (Å²) in [6, 6.07) is 14.4. The molecule has 0 bridgehead atoms. The van der Waals surface area contributed by atoms with Gasteiger partial charge in [0.15, 0.2) is 23.3 Å². The Hall–Kier alpha value is -2.35. The van der Waals surface area contributed by atoms with Gasteiger partial charge in [0.05, 0.1) is 7.11 Å². The number of benzene rings is 2. The largest absolute Gasteiger partial charge is 0.493 e. The topological polar surface area (TPSA) is 60.2 Å². The summed E-state index contributed by atoms with van der Waals surface area (Å²) in [5.74, 6) is 2.73. The fraction of sp³-hybridized carbons (Fsp3) is 0.435. The number of fused-ring (bicyclic) bond motifs is 2. The van der Waals surface area contributed by atoms with E-state index in [2.05, 4.69) is 21.8 Å². The third kappa shape index (κ3) is 4.85. The zero-order valence-electron chi connectivity index (χ0n) is 18.2. The number of oxazole rings is 1. The summed E-state index contributed by atoms with van der Waals surface area (Å²) in [5.41, 5.74) is 1.76. The summed E-state index contributed by atoms with van der Waals surface area (Å²) in [4.78, 5) is 9.13. The van der Waals surface area contributed by atoms with E-state index in [0.717, 1.165) is 55.3 Å². The summed E-state index contributed by atoms with van der Waals surface area (Å²) in [7, 11) is 3.75. The fourth-order valence-electron chi connectivity index (χ4n) is 4.26. The van der Waals surface area contributed by atoms with E-state index in [1.54, 1.807) is 7.11 Å². The molecule has 0 aliphatic carbocycles. The van der Waals surface area contributed by atoms with Crippen LogP contribution in [0.5, 0.6) is 17.2 Å². The van der Waals surface area contributed by atoms with Crippen molar-refractivity contribution in [2.45, 2.75) is 19.1 Å². The van der Waals surface area contributed by atoms with Crippen LogP contribution in [0.2, 0.25) is 0 Å². The van der Waals surface area contributed by atoms with Crippen molar-refractivity contribution in [1.82, 2.24) is 9.88 Å². The number of likely N-dealkylation sites (N-methyl/N-ethyl adjacent to an activating group) is 1. The first-order valence-corrected chi connectivity index (χ1v) is 10.5. The molecule has 174 valence electrons. The van der Waals surface area contributed by atoms with Gasteiger partial charge in [0, 0.05) is 19.6 Å². The normalized spacial score (nSPS) is 18.2. The molecule has 0 N–H and O–H groups in total. The molecule has 0 spiro atoms. The van der Waals surface area contributed by atoms with Crippen molar-refractivity contribution >= 4 is 41.9 Å². The predicted octanol–water partition coefficient (Wildman–Crippen LogP) is 4.63. The van der Waals surface area contributed by atoms with E-state index in [-0.39, 0.29) is 31.0 Å². The number of anilines is 1. The number of nitrogens with zero attached hydrogens (tertiary/aromatic N) is 3. The summed E-state index contributed by atoms with van der Waals surface area (Å²) in [6.07, 6.45) is 2.07. The zero-order chi connectivity index (χ0) is 20.5. The highest BCUT2D eigenvalue weighted by Crippen LogP contribution is 2.40. The molecule has 0 amide bonds. The number of hydrogen-bond acceptors (Lipinski definition) is 7. The SMILES string of the molecule is COc1cccc2c1OC(N(C)CC1CCN(c3nc4ccccc4o3)CC1)CO2.Cl.Cl. The van der Waals surface area contributed by atoms with Crippen LogP contribution in [-0.2, 0) is 0 Å². The van der Waals surface area contributed by atoms with Crippen LogP contribution in [-0.4, -0.2) is 56.5 Å². The Kier molecular flexibility index (Phi) is 7.98. The minimum Gasteiger partial charge on any atom is -0.493 e. The Balaban J connectivity index is 0.00000144. The van der Waals surface area contributed by atoms with Crippen LogP contribution in [0.15, 0.2) is 46.9 Å². The minimum absolute atomic E-state index is 0. The van der Waals surface area contributed by atoms with Gasteiger partial charge in [0.2, 0.25) is 5.75 Å². The quantitative estimate of drug-likeness (QED) is 0.526. The average molecular weight is 482 g/mol. The van der Waals surface area contributed by atoms with Crippen molar-refractivity contribution in [3.8, 4) is 17.2 Å². The average Bonchev–Trinajstić information content (AvgIpc) is 3.23. The highest BCUT2D eigenvalue weighted by molar-refractivity contribution is 5.85. The zero-order valence-corrected chi connectivity index (χ0v) is 19.9. The van der Waals surface area contributed by atoms with Crippen LogP contribution >= 0.6 is 24.8 Å². The van der Waals surface area contributed by atoms with Crippen LogP contribution in [0.1, 0.15) is 12.8 Å². The molecular formula is C23H29Cl2N3O4. The van der Waals surface area contributed by atoms with Crippen molar-refractivity contribution in [2.75, 3.05) is 45.3 Å². The van der Waals surface area contributed by atoms with Gasteiger partial charge in [-0.3, -0.25) is 4.90 Å². The standard InChI is InChI=1S/C23H27N3O4.2ClH/c1-25(21-15-28-20-9-5-8-19(27-2)22(20)30-21)14-16-10-12-26(13-11-16)23-24-17-6-3-4-7-18(17)29-23;;/h3-9,16,21H,10-15H2,1-2H3;2*1H. The van der Waals surface area contributed by atoms with Crippen molar-refractivity contribution in [3.63, 3.8) is 0 Å². The lowest BCUT2D eigenvalue weighted by Gasteiger charge is -2.37. The van der Waals surface area contributed by atoms with Gasteiger partial charge in [-0.2, -0.15) is 4.98 Å². The molecule has 5 rings (SSSR count). The number of piperidine rings is 1. The fourth-order valence-corrected chi connectivity index (χ4v) is 4.26. The molecule has 2 aliphatic rings. The van der Waals surface area contributed by atoms with Gasteiger partial charge >= 0.3 is 0 Å². The van der Waals surface area contributed by atoms with Crippen LogP contribution in [0.3, 0.4) is 0 Å². The lowest BCUT2D eigenvalue weighted by molar-refractivity contribution is -0.0250. The first kappa shape index (κ1) is 24.3. The molecule has 1 fully saturated rings. The predicted molar refractivity (Wildman–Crippen MR) is 129 cm³/mol. The molecule has 0 saturated carbocycles. The van der Waals surface area contributed by atoms with Crippen LogP contribution < -0.4 is 19.1 Å². The number of para-hydroxylation sites is 3. The number of methoxy groups -OCH3 is 1. The highest BCUT2D eigenvalue weighted by Gasteiger charge is 2.30. The first-order chi connectivity index (χ1) is 14.7. The maximum absolute atomic E-state index is 6.22. The second-order valence-corrected chi connectivity index (χ2v) is 8.01. The number of halogens is 2. The molecular weight excluding hydrogens is 453 g/mol. The second-order valence-electron chi connectivity index (χ2n) is 8.01. The maximum atomic E-state index is 6.22. The molecule has 0 radical (unpaired) electrons. The second kappa shape index (κ2) is 10.5. The number of rotatable bonds is 5. The van der Waals surface area contributed by atoms with Gasteiger partial charge in [0.25, 0.3) is 6.01 Å². The maximum Gasteiger partial charge on any atom is 0.298 e. The molecule has 3 aromatic rings. The Morgan fingerprint density at radius 3 is 2.62 bits per heavy atom. The highest BCUT2D eigenvalue weighted by atomic mass is 35.5. The molecule has 2 aromatic carbocycles. The van der Waals surface area contributed by atoms with Crippen molar-refractivity contribution in [2.24, 2.45) is 5.92 Å². The molecule has 7 nitrogen and oxygen atoms in total. The molecule has 1 aromatic heterocycles. The van der Waals surface area contributed by atoms with Gasteiger partial charge < -0.3 is 23.5 Å². The lowest BCUT2D eigenvalue weighted by atomic mass is 9.96. The summed E-state index contributed by atoms with van der Waals surface area (Å²) in [5, 5.41) is 0. The Morgan fingerprint density at radius 2 is 1.88 bits per heavy atom. The Labute approximate surface area is 200 Å². The van der Waals surface area contributed by atoms with E-state index in [1.165, 1.54) is 0 Å². The van der Waals surface area contributed by atoms with Gasteiger partial charge in [0.1, 0.15) is 12.1 Å². The van der Waals surface area contributed by atoms with Crippen LogP contribution in [0.4, 0.5) is 6.01 Å². The van der Waals surface area contributed by atoms with E-state index in [9.17, 15) is 0 Å². The van der Waals surface area contributed by atoms with Gasteiger partial charge in [-0.05, 0) is 50.1 Å². The van der Waals surface area contributed by atoms with E-state index in [4.69, 9.17) is 18.6 Å². The molecule has 9 heteroatoms. The molecule has 32 heavy (non-hydrogen) atoms.